The van der Waals surface area contributed by atoms with Crippen LogP contribution in [0.15, 0.2) is 35.2 Å². The third-order valence-electron chi connectivity index (χ3n) is 7.06. The summed E-state index contributed by atoms with van der Waals surface area (Å²) in [6.07, 6.45) is 5.88. The van der Waals surface area contributed by atoms with Crippen molar-refractivity contribution in [2.24, 2.45) is 0 Å². The fourth-order valence-electron chi connectivity index (χ4n) is 5.60. The van der Waals surface area contributed by atoms with Gasteiger partial charge in [-0.3, -0.25) is 4.72 Å². The van der Waals surface area contributed by atoms with E-state index in [9.17, 15) is 18.3 Å². The van der Waals surface area contributed by atoms with Gasteiger partial charge in [-0.1, -0.05) is 24.1 Å². The highest BCUT2D eigenvalue weighted by Crippen LogP contribution is 2.31. The first-order valence-electron chi connectivity index (χ1n) is 12.1. The van der Waals surface area contributed by atoms with Crippen molar-refractivity contribution in [1.82, 2.24) is 4.90 Å². The number of nitrogens with one attached hydrogen (secondary N) is 1. The van der Waals surface area contributed by atoms with Gasteiger partial charge >= 0.3 is 5.97 Å². The van der Waals surface area contributed by atoms with Gasteiger partial charge in [-0.05, 0) is 88.9 Å². The highest BCUT2D eigenvalue weighted by atomic mass is 32.2. The molecule has 0 spiro atoms. The van der Waals surface area contributed by atoms with Crippen LogP contribution in [0.5, 0.6) is 0 Å². The molecule has 2 N–H and O–H groups in total. The number of hydrogen-bond donors (Lipinski definition) is 2. The van der Waals surface area contributed by atoms with Gasteiger partial charge in [0.25, 0.3) is 10.0 Å². The van der Waals surface area contributed by atoms with Gasteiger partial charge in [-0.25, -0.2) is 13.2 Å². The number of carbonyl (C=O) groups is 1. The molecule has 2 aliphatic rings. The third-order valence-corrected chi connectivity index (χ3v) is 8.75. The molecule has 0 aliphatic carbocycles. The smallest absolute Gasteiger partial charge is 0.337 e. The lowest BCUT2D eigenvalue weighted by Crippen LogP contribution is -2.47. The summed E-state index contributed by atoms with van der Waals surface area (Å²) in [4.78, 5) is 17.0. The molecule has 0 amide bonds. The van der Waals surface area contributed by atoms with Gasteiger partial charge in [-0.15, -0.1) is 0 Å². The number of benzene rings is 2. The topological polar surface area (TPSA) is 90.0 Å². The molecule has 2 aliphatic heterocycles. The maximum Gasteiger partial charge on any atom is 0.337 e. The molecule has 2 aromatic rings. The molecule has 34 heavy (non-hydrogen) atoms. The lowest BCUT2D eigenvalue weighted by atomic mass is 9.98. The average Bonchev–Trinajstić information content (AvgIpc) is 2.78. The Morgan fingerprint density at radius 1 is 0.941 bits per heavy atom. The second-order valence-corrected chi connectivity index (χ2v) is 11.3. The number of rotatable bonds is 6. The van der Waals surface area contributed by atoms with E-state index in [0.29, 0.717) is 22.9 Å². The lowest BCUT2D eigenvalue weighted by molar-refractivity contribution is 0.0697. The molecule has 2 heterocycles. The summed E-state index contributed by atoms with van der Waals surface area (Å²) in [5.74, 6) is -1.06. The number of aromatic carboxylic acids is 1. The van der Waals surface area contributed by atoms with Crippen LogP contribution in [-0.2, 0) is 10.0 Å². The molecule has 2 aromatic carbocycles. The number of anilines is 2. The van der Waals surface area contributed by atoms with Crippen molar-refractivity contribution >= 4 is 27.4 Å². The average molecular weight is 486 g/mol. The van der Waals surface area contributed by atoms with Crippen LogP contribution in [0.3, 0.4) is 0 Å². The van der Waals surface area contributed by atoms with Crippen LogP contribution in [-0.4, -0.2) is 56.6 Å². The summed E-state index contributed by atoms with van der Waals surface area (Å²) in [6, 6.07) is 9.07. The van der Waals surface area contributed by atoms with Gasteiger partial charge < -0.3 is 14.9 Å². The summed E-state index contributed by atoms with van der Waals surface area (Å²) in [5, 5.41) is 9.90. The van der Waals surface area contributed by atoms with E-state index >= 15 is 0 Å². The van der Waals surface area contributed by atoms with Crippen molar-refractivity contribution in [1.29, 1.82) is 0 Å². The van der Waals surface area contributed by atoms with Crippen LogP contribution >= 0.6 is 0 Å². The van der Waals surface area contributed by atoms with Gasteiger partial charge in [-0.2, -0.15) is 0 Å². The predicted octanol–water partition coefficient (Wildman–Crippen LogP) is 4.57. The standard InChI is InChI=1S/C26H35N3O4S/c1-18-15-19(2)25(20(3)16-18)34(32,33)27-21-7-8-24(23(17-21)26(30)31)29-13-9-22(10-14-29)28-11-5-4-6-12-28/h7-8,15-17,22,27H,4-6,9-14H2,1-3H3,(H,30,31). The molecule has 7 nitrogen and oxygen atoms in total. The number of piperidine rings is 2. The minimum Gasteiger partial charge on any atom is -0.478 e. The molecule has 0 bridgehead atoms. The number of likely N-dealkylation sites (tertiary alicyclic amines) is 1. The van der Waals surface area contributed by atoms with Crippen LogP contribution in [0.25, 0.3) is 0 Å². The molecular weight excluding hydrogens is 450 g/mol. The second-order valence-electron chi connectivity index (χ2n) is 9.69. The summed E-state index contributed by atoms with van der Waals surface area (Å²) >= 11 is 0. The first kappa shape index (κ1) is 24.5. The van der Waals surface area contributed by atoms with E-state index in [4.69, 9.17) is 0 Å². The summed E-state index contributed by atoms with van der Waals surface area (Å²) in [6.45, 7) is 9.40. The van der Waals surface area contributed by atoms with E-state index in [2.05, 4.69) is 14.5 Å². The van der Waals surface area contributed by atoms with E-state index in [1.807, 2.05) is 19.1 Å². The van der Waals surface area contributed by atoms with Crippen LogP contribution in [0, 0.1) is 20.8 Å². The van der Waals surface area contributed by atoms with Gasteiger partial charge in [0.2, 0.25) is 0 Å². The van der Waals surface area contributed by atoms with Gasteiger partial charge in [0, 0.05) is 24.8 Å². The van der Waals surface area contributed by atoms with Crippen molar-refractivity contribution in [3.63, 3.8) is 0 Å². The molecule has 2 fully saturated rings. The molecule has 8 heteroatoms. The summed E-state index contributed by atoms with van der Waals surface area (Å²) in [7, 11) is -3.85. The van der Waals surface area contributed by atoms with E-state index < -0.39 is 16.0 Å². The first-order chi connectivity index (χ1) is 16.2. The SMILES string of the molecule is Cc1cc(C)c(S(=O)(=O)Nc2ccc(N3CCC(N4CCCCC4)CC3)c(C(=O)O)c2)c(C)c1. The van der Waals surface area contributed by atoms with Gasteiger partial charge in [0.05, 0.1) is 16.1 Å². The predicted molar refractivity (Wildman–Crippen MR) is 136 cm³/mol. The van der Waals surface area contributed by atoms with Crippen LogP contribution in [0.2, 0.25) is 0 Å². The molecule has 0 radical (unpaired) electrons. The minimum atomic E-state index is -3.85. The van der Waals surface area contributed by atoms with Crippen molar-refractivity contribution < 1.29 is 18.3 Å². The zero-order chi connectivity index (χ0) is 24.5. The monoisotopic (exact) mass is 485 g/mol. The Balaban J connectivity index is 1.53. The number of nitrogens with zero attached hydrogens (tertiary/aromatic N) is 2. The van der Waals surface area contributed by atoms with Crippen molar-refractivity contribution in [2.45, 2.75) is 63.8 Å². The molecule has 4 rings (SSSR count). The molecule has 184 valence electrons. The van der Waals surface area contributed by atoms with Crippen LogP contribution in [0.4, 0.5) is 11.4 Å². The Morgan fingerprint density at radius 3 is 2.15 bits per heavy atom. The number of hydrogen-bond acceptors (Lipinski definition) is 5. The maximum absolute atomic E-state index is 13.1. The largest absolute Gasteiger partial charge is 0.478 e. The number of aryl methyl sites for hydroxylation is 3. The molecule has 0 aromatic heterocycles. The lowest BCUT2D eigenvalue weighted by Gasteiger charge is -2.41. The minimum absolute atomic E-state index is 0.119. The molecule has 0 atom stereocenters. The second kappa shape index (κ2) is 9.96. The quantitative estimate of drug-likeness (QED) is 0.623. The van der Waals surface area contributed by atoms with Gasteiger partial charge in [0.1, 0.15) is 0 Å². The van der Waals surface area contributed by atoms with E-state index in [1.165, 1.54) is 38.4 Å². The number of carboxylic acid groups (broad SMARTS) is 1. The Labute approximate surface area is 202 Å². The van der Waals surface area contributed by atoms with E-state index in [-0.39, 0.29) is 16.1 Å². The summed E-state index contributed by atoms with van der Waals surface area (Å²) < 4.78 is 28.9. The van der Waals surface area contributed by atoms with Gasteiger partial charge in [0.15, 0.2) is 0 Å². The maximum atomic E-state index is 13.1. The fraction of sp³-hybridized carbons (Fsp3) is 0.500. The highest BCUT2D eigenvalue weighted by Gasteiger charge is 2.28. The van der Waals surface area contributed by atoms with Crippen molar-refractivity contribution in [3.05, 3.63) is 52.6 Å². The van der Waals surface area contributed by atoms with E-state index in [1.54, 1.807) is 26.0 Å². The van der Waals surface area contributed by atoms with Crippen molar-refractivity contribution in [3.8, 4) is 0 Å². The Kier molecular flexibility index (Phi) is 7.19. The number of sulfonamides is 1. The Morgan fingerprint density at radius 2 is 1.56 bits per heavy atom. The van der Waals surface area contributed by atoms with E-state index in [0.717, 1.165) is 31.5 Å². The molecule has 0 saturated carbocycles. The summed E-state index contributed by atoms with van der Waals surface area (Å²) in [5.41, 5.74) is 3.34. The van der Waals surface area contributed by atoms with Crippen LogP contribution in [0.1, 0.15) is 59.2 Å². The Hall–Kier alpha value is -2.58. The normalized spacial score (nSPS) is 18.1. The molecule has 2 saturated heterocycles. The zero-order valence-corrected chi connectivity index (χ0v) is 21.1. The van der Waals surface area contributed by atoms with Crippen molar-refractivity contribution in [2.75, 3.05) is 35.8 Å². The zero-order valence-electron chi connectivity index (χ0n) is 20.3. The molecular formula is C26H35N3O4S. The fourth-order valence-corrected chi connectivity index (χ4v) is 7.10. The van der Waals surface area contributed by atoms with Crippen LogP contribution < -0.4 is 9.62 Å². The third kappa shape index (κ3) is 5.23. The number of carboxylic acids is 1. The highest BCUT2D eigenvalue weighted by molar-refractivity contribution is 7.92. The molecule has 0 unspecified atom stereocenters. The first-order valence-corrected chi connectivity index (χ1v) is 13.6. The Bertz CT molecular complexity index is 1140.